The molecule has 1 atom stereocenters. The van der Waals surface area contributed by atoms with E-state index in [4.69, 9.17) is 17.4 Å². The molecular formula is C14H13BrClFN2. The van der Waals surface area contributed by atoms with Gasteiger partial charge < -0.3 is 0 Å². The van der Waals surface area contributed by atoms with Gasteiger partial charge in [0.15, 0.2) is 0 Å². The van der Waals surface area contributed by atoms with Gasteiger partial charge in [0.25, 0.3) is 0 Å². The minimum atomic E-state index is -0.288. The summed E-state index contributed by atoms with van der Waals surface area (Å²) in [7, 11) is 0. The van der Waals surface area contributed by atoms with Crippen LogP contribution < -0.4 is 11.3 Å². The van der Waals surface area contributed by atoms with Gasteiger partial charge in [0.2, 0.25) is 0 Å². The lowest BCUT2D eigenvalue weighted by Gasteiger charge is -2.18. The van der Waals surface area contributed by atoms with Crippen molar-refractivity contribution in [3.63, 3.8) is 0 Å². The monoisotopic (exact) mass is 342 g/mol. The molecule has 2 aromatic rings. The average Bonchev–Trinajstić information content (AvgIpc) is 2.39. The minimum absolute atomic E-state index is 0.144. The SMILES string of the molecule is NNC(Cc1ccccc1Cl)c1ccc(F)cc1Br. The van der Waals surface area contributed by atoms with Crippen molar-refractivity contribution in [1.29, 1.82) is 0 Å². The molecule has 5 heteroatoms. The van der Waals surface area contributed by atoms with Gasteiger partial charge in [-0.05, 0) is 35.7 Å². The third-order valence-corrected chi connectivity index (χ3v) is 3.98. The average molecular weight is 344 g/mol. The highest BCUT2D eigenvalue weighted by Crippen LogP contribution is 2.28. The second-order valence-electron chi connectivity index (χ2n) is 4.18. The topological polar surface area (TPSA) is 38.0 Å². The van der Waals surface area contributed by atoms with Crippen LogP contribution in [0.1, 0.15) is 17.2 Å². The van der Waals surface area contributed by atoms with Crippen molar-refractivity contribution >= 4 is 27.5 Å². The van der Waals surface area contributed by atoms with E-state index in [1.807, 2.05) is 24.3 Å². The van der Waals surface area contributed by atoms with Crippen LogP contribution in [0.4, 0.5) is 4.39 Å². The quantitative estimate of drug-likeness (QED) is 0.651. The molecule has 100 valence electrons. The maximum absolute atomic E-state index is 13.1. The third-order valence-electron chi connectivity index (χ3n) is 2.92. The molecule has 2 nitrogen and oxygen atoms in total. The van der Waals surface area contributed by atoms with E-state index in [0.717, 1.165) is 11.1 Å². The molecule has 0 spiro atoms. The summed E-state index contributed by atoms with van der Waals surface area (Å²) in [6.45, 7) is 0. The van der Waals surface area contributed by atoms with Crippen molar-refractivity contribution in [1.82, 2.24) is 5.43 Å². The van der Waals surface area contributed by atoms with Crippen LogP contribution >= 0.6 is 27.5 Å². The fourth-order valence-corrected chi connectivity index (χ4v) is 2.77. The number of benzene rings is 2. The second kappa shape index (κ2) is 6.48. The number of nitrogens with one attached hydrogen (secondary N) is 1. The first kappa shape index (κ1) is 14.5. The molecule has 0 saturated heterocycles. The van der Waals surface area contributed by atoms with Gasteiger partial charge in [-0.1, -0.05) is 51.8 Å². The van der Waals surface area contributed by atoms with E-state index < -0.39 is 0 Å². The van der Waals surface area contributed by atoms with Crippen LogP contribution in [-0.2, 0) is 6.42 Å². The Morgan fingerprint density at radius 1 is 1.26 bits per heavy atom. The normalized spacial score (nSPS) is 12.4. The van der Waals surface area contributed by atoms with Crippen molar-refractivity contribution in [3.8, 4) is 0 Å². The van der Waals surface area contributed by atoms with Gasteiger partial charge >= 0.3 is 0 Å². The van der Waals surface area contributed by atoms with Gasteiger partial charge in [-0.25, -0.2) is 4.39 Å². The first-order valence-corrected chi connectivity index (χ1v) is 6.93. The molecule has 0 aliphatic heterocycles. The zero-order valence-corrected chi connectivity index (χ0v) is 12.4. The summed E-state index contributed by atoms with van der Waals surface area (Å²) >= 11 is 9.49. The minimum Gasteiger partial charge on any atom is -0.271 e. The van der Waals surface area contributed by atoms with Crippen LogP contribution in [0.15, 0.2) is 46.9 Å². The standard InChI is InChI=1S/C14H13BrClFN2/c15-12-8-10(17)5-6-11(12)14(19-18)7-9-3-1-2-4-13(9)16/h1-6,8,14,19H,7,18H2. The fraction of sp³-hybridized carbons (Fsp3) is 0.143. The van der Waals surface area contributed by atoms with E-state index in [0.29, 0.717) is 15.9 Å². The van der Waals surface area contributed by atoms with Crippen LogP contribution in [0.5, 0.6) is 0 Å². The first-order valence-electron chi connectivity index (χ1n) is 5.76. The molecule has 0 aliphatic rings. The number of hydrogen-bond donors (Lipinski definition) is 2. The van der Waals surface area contributed by atoms with E-state index in [1.165, 1.54) is 12.1 Å². The van der Waals surface area contributed by atoms with Gasteiger partial charge in [0.05, 0.1) is 6.04 Å². The Bertz CT molecular complexity index is 577. The van der Waals surface area contributed by atoms with Gasteiger partial charge in [0.1, 0.15) is 5.82 Å². The van der Waals surface area contributed by atoms with E-state index in [1.54, 1.807) is 6.07 Å². The molecule has 0 saturated carbocycles. The lowest BCUT2D eigenvalue weighted by atomic mass is 9.99. The summed E-state index contributed by atoms with van der Waals surface area (Å²) in [5.74, 6) is 5.31. The maximum atomic E-state index is 13.1. The summed E-state index contributed by atoms with van der Waals surface area (Å²) in [5, 5.41) is 0.695. The third kappa shape index (κ3) is 3.54. The van der Waals surface area contributed by atoms with E-state index in [9.17, 15) is 4.39 Å². The summed E-state index contributed by atoms with van der Waals surface area (Å²) in [6, 6.07) is 12.0. The number of halogens is 3. The highest BCUT2D eigenvalue weighted by Gasteiger charge is 2.15. The number of hydrogen-bond acceptors (Lipinski definition) is 2. The van der Waals surface area contributed by atoms with Crippen LogP contribution in [0.25, 0.3) is 0 Å². The number of rotatable bonds is 4. The van der Waals surface area contributed by atoms with E-state index >= 15 is 0 Å². The molecule has 0 bridgehead atoms. The van der Waals surface area contributed by atoms with Crippen LogP contribution in [-0.4, -0.2) is 0 Å². The van der Waals surface area contributed by atoms with Crippen molar-refractivity contribution in [2.75, 3.05) is 0 Å². The summed E-state index contributed by atoms with van der Waals surface area (Å²) in [6.07, 6.45) is 0.625. The molecule has 19 heavy (non-hydrogen) atoms. The van der Waals surface area contributed by atoms with Crippen molar-refractivity contribution < 1.29 is 4.39 Å². The number of nitrogens with two attached hydrogens (primary N) is 1. The highest BCUT2D eigenvalue weighted by atomic mass is 79.9. The molecule has 0 heterocycles. The first-order chi connectivity index (χ1) is 9.11. The van der Waals surface area contributed by atoms with Crippen LogP contribution in [0.2, 0.25) is 5.02 Å². The molecular weight excluding hydrogens is 331 g/mol. The molecule has 0 aromatic heterocycles. The van der Waals surface area contributed by atoms with Crippen LogP contribution in [0, 0.1) is 5.82 Å². The Labute approximate surface area is 124 Å². The zero-order chi connectivity index (χ0) is 13.8. The van der Waals surface area contributed by atoms with Crippen molar-refractivity contribution in [2.24, 2.45) is 5.84 Å². The predicted octanol–water partition coefficient (Wildman–Crippen LogP) is 3.99. The molecule has 2 aromatic carbocycles. The predicted molar refractivity (Wildman–Crippen MR) is 79.3 cm³/mol. The molecule has 0 fully saturated rings. The fourth-order valence-electron chi connectivity index (χ4n) is 1.93. The molecule has 2 rings (SSSR count). The highest BCUT2D eigenvalue weighted by molar-refractivity contribution is 9.10. The maximum Gasteiger partial charge on any atom is 0.124 e. The zero-order valence-electron chi connectivity index (χ0n) is 10.0. The summed E-state index contributed by atoms with van der Waals surface area (Å²) < 4.78 is 13.8. The lowest BCUT2D eigenvalue weighted by Crippen LogP contribution is -2.30. The Morgan fingerprint density at radius 2 is 2.00 bits per heavy atom. The molecule has 1 unspecified atom stereocenters. The lowest BCUT2D eigenvalue weighted by molar-refractivity contribution is 0.547. The van der Waals surface area contributed by atoms with Gasteiger partial charge in [0, 0.05) is 9.50 Å². The largest absolute Gasteiger partial charge is 0.271 e. The smallest absolute Gasteiger partial charge is 0.124 e. The summed E-state index contributed by atoms with van der Waals surface area (Å²) in [5.41, 5.74) is 4.62. The van der Waals surface area contributed by atoms with E-state index in [-0.39, 0.29) is 11.9 Å². The Hall–Kier alpha value is -0.940. The Kier molecular flexibility index (Phi) is 4.93. The van der Waals surface area contributed by atoms with Crippen LogP contribution in [0.3, 0.4) is 0 Å². The number of hydrazine groups is 1. The van der Waals surface area contributed by atoms with Gasteiger partial charge in [-0.2, -0.15) is 0 Å². The van der Waals surface area contributed by atoms with Gasteiger partial charge in [-0.15, -0.1) is 0 Å². The molecule has 0 radical (unpaired) electrons. The molecule has 0 aliphatic carbocycles. The van der Waals surface area contributed by atoms with Crippen molar-refractivity contribution in [3.05, 3.63) is 68.9 Å². The molecule has 3 N–H and O–H groups in total. The van der Waals surface area contributed by atoms with Gasteiger partial charge in [-0.3, -0.25) is 11.3 Å². The summed E-state index contributed by atoms with van der Waals surface area (Å²) in [4.78, 5) is 0. The van der Waals surface area contributed by atoms with Crippen molar-refractivity contribution in [2.45, 2.75) is 12.5 Å². The second-order valence-corrected chi connectivity index (χ2v) is 5.44. The van der Waals surface area contributed by atoms with E-state index in [2.05, 4.69) is 21.4 Å². The Balaban J connectivity index is 2.28. The Morgan fingerprint density at radius 3 is 2.63 bits per heavy atom. The molecule has 0 amide bonds.